The molecule has 1 aromatic carbocycles. The molecule has 0 bridgehead atoms. The van der Waals surface area contributed by atoms with Crippen molar-refractivity contribution in [2.75, 3.05) is 7.05 Å². The Morgan fingerprint density at radius 3 is 2.04 bits per heavy atom. The predicted octanol–water partition coefficient (Wildman–Crippen LogP) is 4.26. The monoisotopic (exact) mass is 332 g/mol. The molecule has 0 saturated heterocycles. The molecule has 1 amide bonds. The fraction of sp³-hybridized carbons (Fsp3) is 0.526. The van der Waals surface area contributed by atoms with Crippen molar-refractivity contribution in [2.45, 2.75) is 53.6 Å². The zero-order valence-electron chi connectivity index (χ0n) is 15.7. The molecule has 5 nitrogen and oxygen atoms in total. The van der Waals surface area contributed by atoms with Gasteiger partial charge in [-0.05, 0) is 26.3 Å². The average Bonchev–Trinajstić information content (AvgIpc) is 2.44. The van der Waals surface area contributed by atoms with Crippen molar-refractivity contribution < 1.29 is 14.3 Å². The molecule has 0 spiro atoms. The van der Waals surface area contributed by atoms with Crippen molar-refractivity contribution in [1.29, 1.82) is 0 Å². The summed E-state index contributed by atoms with van der Waals surface area (Å²) in [5.74, 6) is 0.0580. The largest absolute Gasteiger partial charge is 0.442 e. The Labute approximate surface area is 144 Å². The van der Waals surface area contributed by atoms with Crippen LogP contribution < -0.4 is 0 Å². The van der Waals surface area contributed by atoms with E-state index < -0.39 is 17.1 Å². The third-order valence-electron chi connectivity index (χ3n) is 3.20. The van der Waals surface area contributed by atoms with Gasteiger partial charge in [0.05, 0.1) is 12.1 Å². The van der Waals surface area contributed by atoms with E-state index in [2.05, 4.69) is 5.10 Å². The number of Topliss-reactive ketones (excluding diaryl/α,β-unsaturated/α-hetero) is 1. The number of rotatable bonds is 4. The van der Waals surface area contributed by atoms with Gasteiger partial charge < -0.3 is 4.74 Å². The molecule has 0 aliphatic heterocycles. The second-order valence-electron chi connectivity index (χ2n) is 7.77. The standard InChI is InChI=1S/C19H28N2O3/c1-18(2,3)16(22)13-15(14-11-9-8-10-12-14)20-21(7)17(23)24-19(4,5)6/h8-12H,13H2,1-7H3/b20-15-. The van der Waals surface area contributed by atoms with E-state index in [4.69, 9.17) is 4.74 Å². The van der Waals surface area contributed by atoms with E-state index in [-0.39, 0.29) is 12.2 Å². The van der Waals surface area contributed by atoms with Gasteiger partial charge in [-0.3, -0.25) is 4.79 Å². The highest BCUT2D eigenvalue weighted by atomic mass is 16.6. The summed E-state index contributed by atoms with van der Waals surface area (Å²) in [6, 6.07) is 9.39. The lowest BCUT2D eigenvalue weighted by Crippen LogP contribution is -2.32. The lowest BCUT2D eigenvalue weighted by Gasteiger charge is -2.23. The molecule has 0 aromatic heterocycles. The van der Waals surface area contributed by atoms with Crippen LogP contribution in [0.3, 0.4) is 0 Å². The Balaban J connectivity index is 3.09. The summed E-state index contributed by atoms with van der Waals surface area (Å²) < 4.78 is 5.30. The van der Waals surface area contributed by atoms with Crippen molar-refractivity contribution in [2.24, 2.45) is 10.5 Å². The summed E-state index contributed by atoms with van der Waals surface area (Å²) in [7, 11) is 1.53. The van der Waals surface area contributed by atoms with Crippen molar-refractivity contribution in [3.05, 3.63) is 35.9 Å². The first-order valence-corrected chi connectivity index (χ1v) is 8.03. The average molecular weight is 332 g/mol. The Kier molecular flexibility index (Phi) is 6.29. The molecular formula is C19H28N2O3. The molecule has 0 aliphatic carbocycles. The lowest BCUT2D eigenvalue weighted by atomic mass is 9.87. The fourth-order valence-corrected chi connectivity index (χ4v) is 1.79. The van der Waals surface area contributed by atoms with E-state index >= 15 is 0 Å². The van der Waals surface area contributed by atoms with Crippen LogP contribution in [0.5, 0.6) is 0 Å². The Morgan fingerprint density at radius 2 is 1.58 bits per heavy atom. The van der Waals surface area contributed by atoms with E-state index in [1.165, 1.54) is 7.05 Å². The Hall–Kier alpha value is -2.17. The minimum absolute atomic E-state index is 0.0580. The number of nitrogens with zero attached hydrogens (tertiary/aromatic N) is 2. The second-order valence-corrected chi connectivity index (χ2v) is 7.77. The van der Waals surface area contributed by atoms with Crippen LogP contribution in [0.4, 0.5) is 4.79 Å². The molecule has 0 N–H and O–H groups in total. The van der Waals surface area contributed by atoms with Crippen molar-refractivity contribution in [3.8, 4) is 0 Å². The van der Waals surface area contributed by atoms with Gasteiger partial charge in [0.15, 0.2) is 0 Å². The third-order valence-corrected chi connectivity index (χ3v) is 3.20. The van der Waals surface area contributed by atoms with Crippen LogP contribution in [0.15, 0.2) is 35.4 Å². The number of ketones is 1. The zero-order chi connectivity index (χ0) is 18.5. The van der Waals surface area contributed by atoms with E-state index in [1.807, 2.05) is 51.1 Å². The van der Waals surface area contributed by atoms with Gasteiger partial charge in [-0.25, -0.2) is 9.80 Å². The minimum atomic E-state index is -0.602. The van der Waals surface area contributed by atoms with Gasteiger partial charge in [0.25, 0.3) is 0 Å². The molecule has 132 valence electrons. The number of hydrazone groups is 1. The summed E-state index contributed by atoms with van der Waals surface area (Å²) in [6.45, 7) is 11.0. The summed E-state index contributed by atoms with van der Waals surface area (Å²) >= 11 is 0. The number of carbonyl (C=O) groups excluding carboxylic acids is 2. The van der Waals surface area contributed by atoms with E-state index in [1.54, 1.807) is 20.8 Å². The van der Waals surface area contributed by atoms with Crippen molar-refractivity contribution in [1.82, 2.24) is 5.01 Å². The molecule has 0 fully saturated rings. The molecule has 0 aliphatic rings. The lowest BCUT2D eigenvalue weighted by molar-refractivity contribution is -0.125. The van der Waals surface area contributed by atoms with E-state index in [0.29, 0.717) is 5.71 Å². The highest BCUT2D eigenvalue weighted by Gasteiger charge is 2.25. The van der Waals surface area contributed by atoms with Crippen molar-refractivity contribution >= 4 is 17.6 Å². The number of benzene rings is 1. The van der Waals surface area contributed by atoms with Crippen LogP contribution >= 0.6 is 0 Å². The van der Waals surface area contributed by atoms with Crippen LogP contribution in [-0.2, 0) is 9.53 Å². The van der Waals surface area contributed by atoms with E-state index in [0.717, 1.165) is 10.6 Å². The molecule has 0 atom stereocenters. The second kappa shape index (κ2) is 7.60. The Morgan fingerprint density at radius 1 is 1.04 bits per heavy atom. The topological polar surface area (TPSA) is 59.0 Å². The van der Waals surface area contributed by atoms with Crippen LogP contribution in [0, 0.1) is 5.41 Å². The zero-order valence-corrected chi connectivity index (χ0v) is 15.7. The van der Waals surface area contributed by atoms with Crippen molar-refractivity contribution in [3.63, 3.8) is 0 Å². The smallest absolute Gasteiger partial charge is 0.430 e. The highest BCUT2D eigenvalue weighted by Crippen LogP contribution is 2.19. The van der Waals surface area contributed by atoms with Gasteiger partial charge in [-0.15, -0.1) is 0 Å². The first kappa shape index (κ1) is 19.9. The van der Waals surface area contributed by atoms with Gasteiger partial charge >= 0.3 is 6.09 Å². The number of amides is 1. The maximum atomic E-state index is 12.4. The highest BCUT2D eigenvalue weighted by molar-refractivity contribution is 6.12. The first-order chi connectivity index (χ1) is 10.9. The predicted molar refractivity (Wildman–Crippen MR) is 96.1 cm³/mol. The van der Waals surface area contributed by atoms with Gasteiger partial charge in [0.1, 0.15) is 11.4 Å². The van der Waals surface area contributed by atoms with Gasteiger partial charge in [0.2, 0.25) is 0 Å². The quantitative estimate of drug-likeness (QED) is 0.611. The van der Waals surface area contributed by atoms with Gasteiger partial charge in [-0.2, -0.15) is 5.10 Å². The molecule has 5 heteroatoms. The van der Waals surface area contributed by atoms with Crippen LogP contribution in [0.1, 0.15) is 53.5 Å². The van der Waals surface area contributed by atoms with E-state index in [9.17, 15) is 9.59 Å². The maximum Gasteiger partial charge on any atom is 0.430 e. The summed E-state index contributed by atoms with van der Waals surface area (Å²) in [5, 5.41) is 5.48. The molecular weight excluding hydrogens is 304 g/mol. The molecule has 0 saturated carbocycles. The summed E-state index contributed by atoms with van der Waals surface area (Å²) in [5.41, 5.74) is 0.282. The number of hydrogen-bond donors (Lipinski definition) is 0. The fourth-order valence-electron chi connectivity index (χ4n) is 1.79. The summed E-state index contributed by atoms with van der Waals surface area (Å²) in [4.78, 5) is 24.5. The SMILES string of the molecule is CN(/N=C(/CC(=O)C(C)(C)C)c1ccccc1)C(=O)OC(C)(C)C. The summed E-state index contributed by atoms with van der Waals surface area (Å²) in [6.07, 6.45) is -0.403. The van der Waals surface area contributed by atoms with Gasteiger partial charge in [0, 0.05) is 12.5 Å². The molecule has 1 rings (SSSR count). The van der Waals surface area contributed by atoms with Gasteiger partial charge in [-0.1, -0.05) is 51.1 Å². The van der Waals surface area contributed by atoms with Crippen LogP contribution in [-0.4, -0.2) is 35.2 Å². The van der Waals surface area contributed by atoms with Crippen LogP contribution in [0.2, 0.25) is 0 Å². The number of hydrogen-bond acceptors (Lipinski definition) is 4. The molecule has 24 heavy (non-hydrogen) atoms. The number of ether oxygens (including phenoxy) is 1. The molecule has 0 unspecified atom stereocenters. The first-order valence-electron chi connectivity index (χ1n) is 8.03. The molecule has 0 radical (unpaired) electrons. The van der Waals surface area contributed by atoms with Crippen LogP contribution in [0.25, 0.3) is 0 Å². The third kappa shape index (κ3) is 6.52. The molecule has 0 heterocycles. The minimum Gasteiger partial charge on any atom is -0.442 e. The molecule has 1 aromatic rings. The number of carbonyl (C=O) groups is 2. The normalized spacial score (nSPS) is 12.7. The maximum absolute atomic E-state index is 12.4. The Bertz CT molecular complexity index is 608.